The molecule has 0 aromatic heterocycles. The molecular weight excluding hydrogens is 322 g/mol. The highest BCUT2D eigenvalue weighted by Crippen LogP contribution is 2.31. The third-order valence-electron chi connectivity index (χ3n) is 3.61. The van der Waals surface area contributed by atoms with E-state index in [-0.39, 0.29) is 11.8 Å². The molecule has 2 aromatic rings. The lowest BCUT2D eigenvalue weighted by Gasteiger charge is -2.10. The van der Waals surface area contributed by atoms with Crippen LogP contribution in [0.3, 0.4) is 0 Å². The van der Waals surface area contributed by atoms with Crippen LogP contribution in [0, 0.1) is 11.3 Å². The third kappa shape index (κ3) is 3.76. The largest absolute Gasteiger partial charge is 0.348 e. The highest BCUT2D eigenvalue weighted by atomic mass is 32.2. The maximum atomic E-state index is 12.3. The molecule has 0 aliphatic carbocycles. The van der Waals surface area contributed by atoms with E-state index in [1.807, 2.05) is 12.1 Å². The second kappa shape index (κ2) is 7.20. The monoisotopic (exact) mass is 337 g/mol. The van der Waals surface area contributed by atoms with Crippen molar-refractivity contribution < 1.29 is 9.59 Å². The molecule has 0 spiro atoms. The number of nitrogens with one attached hydrogen (secondary N) is 2. The Morgan fingerprint density at radius 2 is 2.17 bits per heavy atom. The van der Waals surface area contributed by atoms with E-state index < -0.39 is 0 Å². The number of hydrogen-bond donors (Lipinski definition) is 2. The summed E-state index contributed by atoms with van der Waals surface area (Å²) in [6.07, 6.45) is 0.468. The molecule has 0 bridgehead atoms. The van der Waals surface area contributed by atoms with E-state index in [9.17, 15) is 9.59 Å². The number of nitrogens with zero attached hydrogens (tertiary/aromatic N) is 1. The Morgan fingerprint density at radius 1 is 1.29 bits per heavy atom. The predicted octanol–water partition coefficient (Wildman–Crippen LogP) is 2.92. The molecule has 120 valence electrons. The van der Waals surface area contributed by atoms with Crippen molar-refractivity contribution >= 4 is 29.3 Å². The van der Waals surface area contributed by atoms with Gasteiger partial charge in [-0.1, -0.05) is 12.1 Å². The van der Waals surface area contributed by atoms with Crippen molar-refractivity contribution in [3.05, 3.63) is 59.2 Å². The molecule has 0 saturated heterocycles. The van der Waals surface area contributed by atoms with Crippen LogP contribution < -0.4 is 10.6 Å². The first-order valence-corrected chi connectivity index (χ1v) is 8.48. The number of hydrogen-bond acceptors (Lipinski definition) is 4. The summed E-state index contributed by atoms with van der Waals surface area (Å²) in [6, 6.07) is 14.5. The van der Waals surface area contributed by atoms with E-state index in [0.717, 1.165) is 16.2 Å². The van der Waals surface area contributed by atoms with Crippen molar-refractivity contribution in [2.24, 2.45) is 0 Å². The molecule has 0 fully saturated rings. The summed E-state index contributed by atoms with van der Waals surface area (Å²) in [5.74, 6) is 0.482. The van der Waals surface area contributed by atoms with Crippen molar-refractivity contribution in [2.75, 3.05) is 11.1 Å². The maximum absolute atomic E-state index is 12.3. The molecule has 6 heteroatoms. The molecule has 5 nitrogen and oxygen atoms in total. The molecule has 1 aliphatic heterocycles. The summed E-state index contributed by atoms with van der Waals surface area (Å²) >= 11 is 1.60. The van der Waals surface area contributed by atoms with Gasteiger partial charge in [0.2, 0.25) is 5.91 Å². The summed E-state index contributed by atoms with van der Waals surface area (Å²) in [4.78, 5) is 24.9. The molecule has 2 aromatic carbocycles. The molecule has 0 radical (unpaired) electrons. The number of nitriles is 1. The van der Waals surface area contributed by atoms with E-state index in [4.69, 9.17) is 5.26 Å². The SMILES string of the molecule is N#Cc1cccc(CNC(=O)c2ccc3c(c2)NC(=O)CCS3)c1. The number of thioether (sulfide) groups is 1. The lowest BCUT2D eigenvalue weighted by atomic mass is 10.1. The third-order valence-corrected chi connectivity index (χ3v) is 4.69. The van der Waals surface area contributed by atoms with Crippen molar-refractivity contribution in [1.29, 1.82) is 5.26 Å². The van der Waals surface area contributed by atoms with Gasteiger partial charge in [-0.15, -0.1) is 11.8 Å². The van der Waals surface area contributed by atoms with E-state index in [2.05, 4.69) is 16.7 Å². The zero-order valence-corrected chi connectivity index (χ0v) is 13.7. The lowest BCUT2D eigenvalue weighted by Crippen LogP contribution is -2.23. The van der Waals surface area contributed by atoms with Gasteiger partial charge in [0.25, 0.3) is 5.91 Å². The van der Waals surface area contributed by atoms with Crippen molar-refractivity contribution in [3.8, 4) is 6.07 Å². The molecule has 1 aliphatic rings. The molecule has 2 amide bonds. The van der Waals surface area contributed by atoms with Gasteiger partial charge in [-0.25, -0.2) is 0 Å². The Bertz CT molecular complexity index is 842. The minimum atomic E-state index is -0.219. The van der Waals surface area contributed by atoms with Gasteiger partial charge in [0, 0.05) is 29.2 Å². The van der Waals surface area contributed by atoms with Gasteiger partial charge in [0.1, 0.15) is 0 Å². The zero-order chi connectivity index (χ0) is 16.9. The van der Waals surface area contributed by atoms with Gasteiger partial charge in [-0.3, -0.25) is 9.59 Å². The van der Waals surface area contributed by atoms with Crippen LogP contribution in [0.2, 0.25) is 0 Å². The first kappa shape index (κ1) is 16.1. The van der Waals surface area contributed by atoms with Crippen LogP contribution in [-0.2, 0) is 11.3 Å². The molecule has 3 rings (SSSR count). The average molecular weight is 337 g/mol. The Morgan fingerprint density at radius 3 is 3.00 bits per heavy atom. The lowest BCUT2D eigenvalue weighted by molar-refractivity contribution is -0.115. The van der Waals surface area contributed by atoms with Crippen molar-refractivity contribution in [3.63, 3.8) is 0 Å². The van der Waals surface area contributed by atoms with E-state index in [1.165, 1.54) is 0 Å². The number of carbonyl (C=O) groups excluding carboxylic acids is 2. The summed E-state index contributed by atoms with van der Waals surface area (Å²) < 4.78 is 0. The Balaban J connectivity index is 1.71. The minimum Gasteiger partial charge on any atom is -0.348 e. The molecule has 0 saturated carbocycles. The fourth-order valence-corrected chi connectivity index (χ4v) is 3.33. The second-order valence-corrected chi connectivity index (χ2v) is 6.49. The van der Waals surface area contributed by atoms with Crippen LogP contribution in [0.5, 0.6) is 0 Å². The van der Waals surface area contributed by atoms with Crippen LogP contribution in [0.4, 0.5) is 5.69 Å². The van der Waals surface area contributed by atoms with Gasteiger partial charge < -0.3 is 10.6 Å². The van der Waals surface area contributed by atoms with Gasteiger partial charge in [0.05, 0.1) is 17.3 Å². The smallest absolute Gasteiger partial charge is 0.251 e. The highest BCUT2D eigenvalue weighted by molar-refractivity contribution is 7.99. The fourth-order valence-electron chi connectivity index (χ4n) is 2.40. The van der Waals surface area contributed by atoms with Gasteiger partial charge >= 0.3 is 0 Å². The Labute approximate surface area is 144 Å². The quantitative estimate of drug-likeness (QED) is 0.902. The summed E-state index contributed by atoms with van der Waals surface area (Å²) in [6.45, 7) is 0.340. The van der Waals surface area contributed by atoms with Gasteiger partial charge in [0.15, 0.2) is 0 Å². The number of rotatable bonds is 3. The molecule has 0 unspecified atom stereocenters. The molecular formula is C18H15N3O2S. The van der Waals surface area contributed by atoms with Crippen LogP contribution in [0.15, 0.2) is 47.4 Å². The number of anilines is 1. The van der Waals surface area contributed by atoms with E-state index in [1.54, 1.807) is 42.1 Å². The number of fused-ring (bicyclic) bond motifs is 1. The predicted molar refractivity (Wildman–Crippen MR) is 92.7 cm³/mol. The van der Waals surface area contributed by atoms with Crippen LogP contribution in [0.1, 0.15) is 27.9 Å². The molecule has 0 atom stereocenters. The van der Waals surface area contributed by atoms with E-state index >= 15 is 0 Å². The topological polar surface area (TPSA) is 82.0 Å². The summed E-state index contributed by atoms with van der Waals surface area (Å²) in [5.41, 5.74) is 2.60. The highest BCUT2D eigenvalue weighted by Gasteiger charge is 2.15. The van der Waals surface area contributed by atoms with E-state index in [0.29, 0.717) is 29.8 Å². The molecule has 24 heavy (non-hydrogen) atoms. The minimum absolute atomic E-state index is 0.0351. The molecule has 2 N–H and O–H groups in total. The van der Waals surface area contributed by atoms with Gasteiger partial charge in [-0.2, -0.15) is 5.26 Å². The number of carbonyl (C=O) groups is 2. The number of benzene rings is 2. The standard InChI is InChI=1S/C18H15N3O2S/c19-10-12-2-1-3-13(8-12)11-20-18(23)14-4-5-16-15(9-14)21-17(22)6-7-24-16/h1-5,8-9H,6-7,11H2,(H,20,23)(H,21,22). The number of amides is 2. The van der Waals surface area contributed by atoms with Crippen molar-refractivity contribution in [1.82, 2.24) is 5.32 Å². The fraction of sp³-hybridized carbons (Fsp3) is 0.167. The summed E-state index contributed by atoms with van der Waals surface area (Å²) in [5, 5.41) is 14.6. The Hall–Kier alpha value is -2.78. The van der Waals surface area contributed by atoms with Crippen LogP contribution in [0.25, 0.3) is 0 Å². The normalized spacial score (nSPS) is 13.2. The van der Waals surface area contributed by atoms with Gasteiger partial charge in [-0.05, 0) is 35.9 Å². The van der Waals surface area contributed by atoms with Crippen molar-refractivity contribution in [2.45, 2.75) is 17.9 Å². The maximum Gasteiger partial charge on any atom is 0.251 e. The van der Waals surface area contributed by atoms with Crippen LogP contribution in [-0.4, -0.2) is 17.6 Å². The Kier molecular flexibility index (Phi) is 4.82. The second-order valence-electron chi connectivity index (χ2n) is 5.35. The zero-order valence-electron chi connectivity index (χ0n) is 12.8. The average Bonchev–Trinajstić information content (AvgIpc) is 2.79. The first-order valence-electron chi connectivity index (χ1n) is 7.49. The summed E-state index contributed by atoms with van der Waals surface area (Å²) in [7, 11) is 0. The first-order chi connectivity index (χ1) is 11.7. The van der Waals surface area contributed by atoms with Crippen LogP contribution >= 0.6 is 11.8 Å². The molecule has 1 heterocycles.